The SMILES string of the molecule is CCCOCCOc1nc(N)cn2ccnc12. The molecule has 0 spiro atoms. The van der Waals surface area contributed by atoms with Crippen LogP contribution in [0.15, 0.2) is 18.6 Å². The van der Waals surface area contributed by atoms with Gasteiger partial charge in [0.2, 0.25) is 5.65 Å². The van der Waals surface area contributed by atoms with Crippen molar-refractivity contribution in [1.82, 2.24) is 14.4 Å². The summed E-state index contributed by atoms with van der Waals surface area (Å²) in [4.78, 5) is 8.26. The van der Waals surface area contributed by atoms with E-state index < -0.39 is 0 Å². The van der Waals surface area contributed by atoms with Gasteiger partial charge in [0.25, 0.3) is 5.88 Å². The predicted molar refractivity (Wildman–Crippen MR) is 64.0 cm³/mol. The van der Waals surface area contributed by atoms with Crippen LogP contribution in [0.1, 0.15) is 13.3 Å². The third-order valence-corrected chi connectivity index (χ3v) is 2.18. The molecule has 0 aliphatic rings. The molecule has 2 rings (SSSR count). The first-order chi connectivity index (χ1) is 8.31. The monoisotopic (exact) mass is 236 g/mol. The number of fused-ring (bicyclic) bond motifs is 1. The van der Waals surface area contributed by atoms with Crippen LogP contribution in [0.4, 0.5) is 5.82 Å². The molecule has 2 aromatic rings. The Morgan fingerprint density at radius 1 is 1.35 bits per heavy atom. The van der Waals surface area contributed by atoms with Crippen molar-refractivity contribution in [2.24, 2.45) is 0 Å². The molecule has 0 amide bonds. The second-order valence-corrected chi connectivity index (χ2v) is 3.59. The second kappa shape index (κ2) is 5.49. The Morgan fingerprint density at radius 3 is 3.06 bits per heavy atom. The molecule has 0 saturated heterocycles. The molecule has 0 fully saturated rings. The summed E-state index contributed by atoms with van der Waals surface area (Å²) in [6.45, 7) is 3.79. The fourth-order valence-electron chi connectivity index (χ4n) is 1.46. The van der Waals surface area contributed by atoms with Crippen LogP contribution < -0.4 is 10.5 Å². The lowest BCUT2D eigenvalue weighted by molar-refractivity contribution is 0.0994. The fourth-order valence-corrected chi connectivity index (χ4v) is 1.46. The van der Waals surface area contributed by atoms with E-state index in [1.807, 2.05) is 0 Å². The molecule has 0 aromatic carbocycles. The topological polar surface area (TPSA) is 74.7 Å². The molecule has 6 heteroatoms. The van der Waals surface area contributed by atoms with Gasteiger partial charge in [-0.1, -0.05) is 6.92 Å². The van der Waals surface area contributed by atoms with Gasteiger partial charge in [-0.25, -0.2) is 4.98 Å². The summed E-state index contributed by atoms with van der Waals surface area (Å²) in [5.74, 6) is 0.843. The molecule has 0 radical (unpaired) electrons. The van der Waals surface area contributed by atoms with Gasteiger partial charge >= 0.3 is 0 Å². The van der Waals surface area contributed by atoms with Gasteiger partial charge in [-0.2, -0.15) is 4.98 Å². The normalized spacial score (nSPS) is 10.9. The van der Waals surface area contributed by atoms with Crippen molar-refractivity contribution >= 4 is 11.5 Å². The van der Waals surface area contributed by atoms with E-state index in [1.54, 1.807) is 23.0 Å². The van der Waals surface area contributed by atoms with Crippen LogP contribution in [0, 0.1) is 0 Å². The Kier molecular flexibility index (Phi) is 3.77. The number of rotatable bonds is 6. The molecule has 2 heterocycles. The van der Waals surface area contributed by atoms with Crippen LogP contribution in [0.3, 0.4) is 0 Å². The molecule has 0 aliphatic carbocycles. The van der Waals surface area contributed by atoms with Gasteiger partial charge in [-0.05, 0) is 6.42 Å². The Labute approximate surface area is 99.4 Å². The van der Waals surface area contributed by atoms with Crippen LogP contribution in [-0.2, 0) is 4.74 Å². The number of nitrogens with two attached hydrogens (primary N) is 1. The molecule has 0 atom stereocenters. The number of hydrogen-bond donors (Lipinski definition) is 1. The van der Waals surface area contributed by atoms with Crippen molar-refractivity contribution in [3.8, 4) is 5.88 Å². The third-order valence-electron chi connectivity index (χ3n) is 2.18. The predicted octanol–water partition coefficient (Wildman–Crippen LogP) is 1.12. The molecule has 92 valence electrons. The number of nitrogens with zero attached hydrogens (tertiary/aromatic N) is 3. The lowest BCUT2D eigenvalue weighted by Crippen LogP contribution is -2.09. The zero-order valence-electron chi connectivity index (χ0n) is 9.80. The van der Waals surface area contributed by atoms with Gasteiger partial charge in [0.1, 0.15) is 12.4 Å². The first-order valence-corrected chi connectivity index (χ1v) is 5.61. The largest absolute Gasteiger partial charge is 0.473 e. The zero-order chi connectivity index (χ0) is 12.1. The molecule has 0 saturated carbocycles. The Bertz CT molecular complexity index is 483. The van der Waals surface area contributed by atoms with Gasteiger partial charge in [-0.15, -0.1) is 0 Å². The number of ether oxygens (including phenoxy) is 2. The molecular weight excluding hydrogens is 220 g/mol. The molecule has 2 aromatic heterocycles. The molecular formula is C11H16N4O2. The standard InChI is InChI=1S/C11H16N4O2/c1-2-5-16-6-7-17-11-10-13-3-4-15(10)8-9(12)14-11/h3-4,8H,2,5-7,12H2,1H3. The average molecular weight is 236 g/mol. The highest BCUT2D eigenvalue weighted by molar-refractivity contribution is 5.52. The first kappa shape index (κ1) is 11.7. The highest BCUT2D eigenvalue weighted by Gasteiger charge is 2.06. The Balaban J connectivity index is 2.00. The summed E-state index contributed by atoms with van der Waals surface area (Å²) >= 11 is 0. The molecule has 17 heavy (non-hydrogen) atoms. The summed E-state index contributed by atoms with van der Waals surface area (Å²) < 4.78 is 12.6. The van der Waals surface area contributed by atoms with Crippen LogP contribution in [-0.4, -0.2) is 34.2 Å². The van der Waals surface area contributed by atoms with E-state index >= 15 is 0 Å². The zero-order valence-corrected chi connectivity index (χ0v) is 9.80. The van der Waals surface area contributed by atoms with Crippen LogP contribution in [0.25, 0.3) is 5.65 Å². The average Bonchev–Trinajstić information content (AvgIpc) is 2.76. The molecule has 0 bridgehead atoms. The summed E-state index contributed by atoms with van der Waals surface area (Å²) in [7, 11) is 0. The molecule has 6 nitrogen and oxygen atoms in total. The minimum absolute atomic E-state index is 0.403. The van der Waals surface area contributed by atoms with E-state index in [2.05, 4.69) is 16.9 Å². The van der Waals surface area contributed by atoms with Gasteiger partial charge in [0.05, 0.1) is 12.8 Å². The third kappa shape index (κ3) is 2.85. The minimum Gasteiger partial charge on any atom is -0.473 e. The molecule has 0 aliphatic heterocycles. The Hall–Kier alpha value is -1.82. The minimum atomic E-state index is 0.403. The molecule has 2 N–H and O–H groups in total. The molecule has 0 unspecified atom stereocenters. The van der Waals surface area contributed by atoms with Crippen molar-refractivity contribution in [2.45, 2.75) is 13.3 Å². The maximum atomic E-state index is 5.66. The van der Waals surface area contributed by atoms with E-state index in [0.717, 1.165) is 13.0 Å². The van der Waals surface area contributed by atoms with Crippen molar-refractivity contribution in [3.63, 3.8) is 0 Å². The Morgan fingerprint density at radius 2 is 2.24 bits per heavy atom. The van der Waals surface area contributed by atoms with Crippen LogP contribution >= 0.6 is 0 Å². The lowest BCUT2D eigenvalue weighted by atomic mass is 10.5. The number of hydrogen-bond acceptors (Lipinski definition) is 5. The van der Waals surface area contributed by atoms with Crippen molar-refractivity contribution in [1.29, 1.82) is 0 Å². The van der Waals surface area contributed by atoms with Crippen molar-refractivity contribution in [2.75, 3.05) is 25.6 Å². The van der Waals surface area contributed by atoms with E-state index in [9.17, 15) is 0 Å². The number of aromatic nitrogens is 3. The summed E-state index contributed by atoms with van der Waals surface area (Å²) in [5.41, 5.74) is 6.33. The maximum absolute atomic E-state index is 5.66. The summed E-state index contributed by atoms with van der Waals surface area (Å²) in [5, 5.41) is 0. The van der Waals surface area contributed by atoms with Crippen LogP contribution in [0.2, 0.25) is 0 Å². The first-order valence-electron chi connectivity index (χ1n) is 5.61. The van der Waals surface area contributed by atoms with E-state index in [0.29, 0.717) is 30.6 Å². The maximum Gasteiger partial charge on any atom is 0.260 e. The fraction of sp³-hybridized carbons (Fsp3) is 0.455. The highest BCUT2D eigenvalue weighted by Crippen LogP contribution is 2.16. The van der Waals surface area contributed by atoms with Crippen LogP contribution in [0.5, 0.6) is 5.88 Å². The van der Waals surface area contributed by atoms with Gasteiger partial charge in [0, 0.05) is 19.0 Å². The van der Waals surface area contributed by atoms with E-state index in [1.165, 1.54) is 0 Å². The smallest absolute Gasteiger partial charge is 0.260 e. The quantitative estimate of drug-likeness (QED) is 0.761. The van der Waals surface area contributed by atoms with Gasteiger partial charge in [0.15, 0.2) is 0 Å². The number of imidazole rings is 1. The summed E-state index contributed by atoms with van der Waals surface area (Å²) in [6.07, 6.45) is 6.18. The number of nitrogen functional groups attached to an aromatic ring is 1. The van der Waals surface area contributed by atoms with E-state index in [-0.39, 0.29) is 0 Å². The van der Waals surface area contributed by atoms with E-state index in [4.69, 9.17) is 15.2 Å². The summed E-state index contributed by atoms with van der Waals surface area (Å²) in [6, 6.07) is 0. The second-order valence-electron chi connectivity index (χ2n) is 3.59. The highest BCUT2D eigenvalue weighted by atomic mass is 16.5. The number of anilines is 1. The lowest BCUT2D eigenvalue weighted by Gasteiger charge is -2.07. The van der Waals surface area contributed by atoms with Gasteiger partial charge < -0.3 is 15.2 Å². The van der Waals surface area contributed by atoms with Crippen molar-refractivity contribution < 1.29 is 9.47 Å². The van der Waals surface area contributed by atoms with Gasteiger partial charge in [-0.3, -0.25) is 4.40 Å². The van der Waals surface area contributed by atoms with Crippen molar-refractivity contribution in [3.05, 3.63) is 18.6 Å².